The number of hydrogen-bond donors (Lipinski definition) is 1. The number of imidazole rings is 1. The first-order valence-corrected chi connectivity index (χ1v) is 8.77. The van der Waals surface area contributed by atoms with Crippen LogP contribution in [0.4, 0.5) is 15.8 Å². The summed E-state index contributed by atoms with van der Waals surface area (Å²) in [6.45, 7) is 2.74. The predicted octanol–water partition coefficient (Wildman–Crippen LogP) is 3.33. The minimum Gasteiger partial charge on any atom is -0.451 e. The summed E-state index contributed by atoms with van der Waals surface area (Å²) in [5, 5.41) is 13.6. The molecule has 30 heavy (non-hydrogen) atoms. The van der Waals surface area contributed by atoms with E-state index >= 15 is 0 Å². The van der Waals surface area contributed by atoms with Crippen molar-refractivity contribution in [3.63, 3.8) is 0 Å². The summed E-state index contributed by atoms with van der Waals surface area (Å²) in [5.41, 5.74) is 1.61. The van der Waals surface area contributed by atoms with Crippen LogP contribution in [0.1, 0.15) is 21.6 Å². The second-order valence-corrected chi connectivity index (χ2v) is 6.41. The third kappa shape index (κ3) is 4.32. The summed E-state index contributed by atoms with van der Waals surface area (Å²) < 4.78 is 19.5. The van der Waals surface area contributed by atoms with Gasteiger partial charge in [0.2, 0.25) is 0 Å². The molecule has 2 aromatic carbocycles. The van der Waals surface area contributed by atoms with Crippen LogP contribution in [0.25, 0.3) is 5.69 Å². The van der Waals surface area contributed by atoms with Crippen LogP contribution in [0.3, 0.4) is 0 Å². The lowest BCUT2D eigenvalue weighted by Gasteiger charge is -2.12. The Labute approximate surface area is 170 Å². The number of benzene rings is 2. The number of rotatable bonds is 6. The van der Waals surface area contributed by atoms with E-state index in [0.29, 0.717) is 11.3 Å². The van der Waals surface area contributed by atoms with Crippen LogP contribution >= 0.6 is 0 Å². The molecule has 0 radical (unpaired) electrons. The Morgan fingerprint density at radius 3 is 2.57 bits per heavy atom. The average molecular weight is 412 g/mol. The highest BCUT2D eigenvalue weighted by Gasteiger charge is 2.21. The lowest BCUT2D eigenvalue weighted by molar-refractivity contribution is -0.384. The van der Waals surface area contributed by atoms with E-state index in [9.17, 15) is 24.1 Å². The van der Waals surface area contributed by atoms with E-state index in [1.807, 2.05) is 0 Å². The fourth-order valence-corrected chi connectivity index (χ4v) is 2.75. The highest BCUT2D eigenvalue weighted by molar-refractivity contribution is 5.97. The van der Waals surface area contributed by atoms with Crippen LogP contribution in [0.2, 0.25) is 0 Å². The third-order valence-corrected chi connectivity index (χ3v) is 4.46. The minimum absolute atomic E-state index is 0.0344. The second-order valence-electron chi connectivity index (χ2n) is 6.41. The first-order chi connectivity index (χ1) is 14.3. The number of amides is 1. The number of nitro benzene ring substituents is 1. The number of nitrogens with zero attached hydrogens (tertiary/aromatic N) is 3. The molecule has 0 spiro atoms. The Morgan fingerprint density at radius 2 is 1.90 bits per heavy atom. The summed E-state index contributed by atoms with van der Waals surface area (Å²) in [6, 6.07) is 8.26. The molecule has 0 aliphatic rings. The second kappa shape index (κ2) is 8.52. The third-order valence-electron chi connectivity index (χ3n) is 4.46. The van der Waals surface area contributed by atoms with Gasteiger partial charge in [-0.25, -0.2) is 14.2 Å². The largest absolute Gasteiger partial charge is 0.451 e. The fourth-order valence-electron chi connectivity index (χ4n) is 2.75. The van der Waals surface area contributed by atoms with E-state index in [1.165, 1.54) is 47.4 Å². The minimum atomic E-state index is -0.831. The molecule has 0 bridgehead atoms. The molecule has 0 saturated carbocycles. The molecule has 0 fully saturated rings. The summed E-state index contributed by atoms with van der Waals surface area (Å²) in [5.74, 6) is -1.99. The number of halogens is 1. The maximum atomic E-state index is 13.1. The van der Waals surface area contributed by atoms with Crippen molar-refractivity contribution < 1.29 is 23.6 Å². The molecule has 1 heterocycles. The average Bonchev–Trinajstić information content (AvgIpc) is 3.20. The Bertz CT molecular complexity index is 1120. The predicted molar refractivity (Wildman–Crippen MR) is 105 cm³/mol. The summed E-state index contributed by atoms with van der Waals surface area (Å²) >= 11 is 0. The zero-order valence-corrected chi connectivity index (χ0v) is 16.1. The van der Waals surface area contributed by atoms with Gasteiger partial charge in [-0.05, 0) is 49.2 Å². The highest BCUT2D eigenvalue weighted by atomic mass is 19.1. The van der Waals surface area contributed by atoms with Crippen molar-refractivity contribution in [2.45, 2.75) is 13.8 Å². The van der Waals surface area contributed by atoms with Crippen molar-refractivity contribution in [1.82, 2.24) is 9.55 Å². The summed E-state index contributed by atoms with van der Waals surface area (Å²) in [7, 11) is 0. The van der Waals surface area contributed by atoms with Crippen LogP contribution in [0.5, 0.6) is 0 Å². The van der Waals surface area contributed by atoms with Gasteiger partial charge in [0.05, 0.1) is 17.4 Å². The molecule has 0 aliphatic carbocycles. The lowest BCUT2D eigenvalue weighted by Crippen LogP contribution is -2.23. The van der Waals surface area contributed by atoms with Crippen molar-refractivity contribution in [1.29, 1.82) is 0 Å². The number of aromatic nitrogens is 2. The molecule has 0 saturated heterocycles. The normalized spacial score (nSPS) is 10.5. The highest BCUT2D eigenvalue weighted by Crippen LogP contribution is 2.30. The van der Waals surface area contributed by atoms with Gasteiger partial charge >= 0.3 is 5.97 Å². The number of carbonyl (C=O) groups excluding carboxylic acids is 2. The van der Waals surface area contributed by atoms with Crippen LogP contribution in [0, 0.1) is 29.8 Å². The SMILES string of the molecule is Cc1ccc([N+](=O)[O-])c(NC(=O)COC(=O)c2cncn2-c2ccc(F)cc2)c1C. The smallest absolute Gasteiger partial charge is 0.357 e. The Kier molecular flexibility index (Phi) is 5.86. The lowest BCUT2D eigenvalue weighted by atomic mass is 10.1. The van der Waals surface area contributed by atoms with Crippen LogP contribution in [0.15, 0.2) is 48.9 Å². The zero-order chi connectivity index (χ0) is 21.8. The van der Waals surface area contributed by atoms with Crippen molar-refractivity contribution in [2.75, 3.05) is 11.9 Å². The molecular weight excluding hydrogens is 395 g/mol. The van der Waals surface area contributed by atoms with Gasteiger partial charge in [-0.2, -0.15) is 0 Å². The topological polar surface area (TPSA) is 116 Å². The van der Waals surface area contributed by atoms with Gasteiger partial charge in [-0.3, -0.25) is 19.5 Å². The van der Waals surface area contributed by atoms with Gasteiger partial charge in [0.1, 0.15) is 11.5 Å². The molecular formula is C20H17FN4O5. The molecule has 1 N–H and O–H groups in total. The van der Waals surface area contributed by atoms with Gasteiger partial charge in [0.15, 0.2) is 12.3 Å². The van der Waals surface area contributed by atoms with Crippen molar-refractivity contribution in [2.24, 2.45) is 0 Å². The van der Waals surface area contributed by atoms with E-state index in [0.717, 1.165) is 5.56 Å². The van der Waals surface area contributed by atoms with Gasteiger partial charge < -0.3 is 10.1 Å². The van der Waals surface area contributed by atoms with E-state index in [2.05, 4.69) is 10.3 Å². The number of ether oxygens (including phenoxy) is 1. The van der Waals surface area contributed by atoms with E-state index in [-0.39, 0.29) is 17.1 Å². The molecule has 1 aromatic heterocycles. The van der Waals surface area contributed by atoms with Gasteiger partial charge in [0.25, 0.3) is 11.6 Å². The van der Waals surface area contributed by atoms with Crippen LogP contribution in [-0.2, 0) is 9.53 Å². The molecule has 0 aliphatic heterocycles. The van der Waals surface area contributed by atoms with Crippen molar-refractivity contribution >= 4 is 23.3 Å². The molecule has 3 aromatic rings. The van der Waals surface area contributed by atoms with Crippen LogP contribution < -0.4 is 5.32 Å². The van der Waals surface area contributed by atoms with E-state index in [1.54, 1.807) is 19.9 Å². The van der Waals surface area contributed by atoms with Crippen LogP contribution in [-0.4, -0.2) is 33.0 Å². The Balaban J connectivity index is 1.70. The first kappa shape index (κ1) is 20.6. The summed E-state index contributed by atoms with van der Waals surface area (Å²) in [4.78, 5) is 39.1. The maximum Gasteiger partial charge on any atom is 0.357 e. The molecule has 9 nitrogen and oxygen atoms in total. The van der Waals surface area contributed by atoms with Crippen molar-refractivity contribution in [3.05, 3.63) is 81.7 Å². The number of anilines is 1. The standard InChI is InChI=1S/C20H17FN4O5/c1-12-3-8-16(25(28)29)19(13(12)2)23-18(26)10-30-20(27)17-9-22-11-24(17)15-6-4-14(21)5-7-15/h3-9,11H,10H2,1-2H3,(H,23,26). The van der Waals surface area contributed by atoms with E-state index in [4.69, 9.17) is 4.74 Å². The zero-order valence-electron chi connectivity index (χ0n) is 16.1. The Hall–Kier alpha value is -4.08. The number of nitro groups is 1. The number of nitrogens with one attached hydrogen (secondary N) is 1. The van der Waals surface area contributed by atoms with E-state index < -0.39 is 29.2 Å². The molecule has 154 valence electrons. The number of esters is 1. The molecule has 10 heteroatoms. The number of aryl methyl sites for hydroxylation is 1. The Morgan fingerprint density at radius 1 is 1.20 bits per heavy atom. The number of hydrogen-bond acceptors (Lipinski definition) is 6. The summed E-state index contributed by atoms with van der Waals surface area (Å²) in [6.07, 6.45) is 2.60. The quantitative estimate of drug-likeness (QED) is 0.377. The molecule has 1 amide bonds. The van der Waals surface area contributed by atoms with Gasteiger partial charge in [0, 0.05) is 11.8 Å². The fraction of sp³-hybridized carbons (Fsp3) is 0.150. The monoisotopic (exact) mass is 412 g/mol. The van der Waals surface area contributed by atoms with Crippen molar-refractivity contribution in [3.8, 4) is 5.69 Å². The molecule has 3 rings (SSSR count). The van der Waals surface area contributed by atoms with Gasteiger partial charge in [-0.1, -0.05) is 6.07 Å². The first-order valence-electron chi connectivity index (χ1n) is 8.77. The molecule has 0 unspecified atom stereocenters. The maximum absolute atomic E-state index is 13.1. The number of carbonyl (C=O) groups is 2. The molecule has 0 atom stereocenters. The van der Waals surface area contributed by atoms with Gasteiger partial charge in [-0.15, -0.1) is 0 Å².